The van der Waals surface area contributed by atoms with Gasteiger partial charge in [-0.25, -0.2) is 0 Å². The third-order valence-electron chi connectivity index (χ3n) is 3.88. The molecule has 1 aromatic heterocycles. The maximum absolute atomic E-state index is 12.3. The third kappa shape index (κ3) is 3.70. The van der Waals surface area contributed by atoms with Gasteiger partial charge in [-0.15, -0.1) is 10.2 Å². The molecule has 0 unspecified atom stereocenters. The van der Waals surface area contributed by atoms with Crippen molar-refractivity contribution in [2.45, 2.75) is 37.4 Å². The molecule has 3 rings (SSSR count). The lowest BCUT2D eigenvalue weighted by Gasteiger charge is -2.07. The van der Waals surface area contributed by atoms with Gasteiger partial charge >= 0.3 is 0 Å². The molecule has 122 valence electrons. The Kier molecular flexibility index (Phi) is 5.23. The molecule has 0 saturated heterocycles. The molecular formula is C16H18ClN3O2S. The van der Waals surface area contributed by atoms with Crippen molar-refractivity contribution in [2.24, 2.45) is 0 Å². The third-order valence-corrected chi connectivity index (χ3v) is 5.14. The van der Waals surface area contributed by atoms with Crippen LogP contribution in [-0.2, 0) is 13.0 Å². The fourth-order valence-corrected chi connectivity index (χ4v) is 3.75. The Morgan fingerprint density at radius 1 is 1.35 bits per heavy atom. The highest BCUT2D eigenvalue weighted by atomic mass is 35.5. The Morgan fingerprint density at radius 3 is 3.00 bits per heavy atom. The zero-order valence-corrected chi connectivity index (χ0v) is 14.5. The van der Waals surface area contributed by atoms with E-state index >= 15 is 0 Å². The number of ether oxygens (including phenoxy) is 1. The first-order valence-corrected chi connectivity index (χ1v) is 8.97. The van der Waals surface area contributed by atoms with E-state index in [1.165, 1.54) is 18.2 Å². The molecule has 0 fully saturated rings. The van der Waals surface area contributed by atoms with Crippen LogP contribution in [0.3, 0.4) is 0 Å². The number of Topliss-reactive ketones (excluding diaryl/α,β-unsaturated/α-hetero) is 1. The highest BCUT2D eigenvalue weighted by molar-refractivity contribution is 7.99. The maximum atomic E-state index is 12.3. The van der Waals surface area contributed by atoms with Gasteiger partial charge < -0.3 is 9.30 Å². The van der Waals surface area contributed by atoms with E-state index in [9.17, 15) is 4.79 Å². The number of thioether (sulfide) groups is 1. The van der Waals surface area contributed by atoms with Gasteiger partial charge in [0.25, 0.3) is 0 Å². The summed E-state index contributed by atoms with van der Waals surface area (Å²) in [5, 5.41) is 9.75. The lowest BCUT2D eigenvalue weighted by molar-refractivity contribution is 0.102. The number of carbonyl (C=O) groups excluding carboxylic acids is 1. The number of nitrogens with zero attached hydrogens (tertiary/aromatic N) is 3. The molecule has 0 spiro atoms. The van der Waals surface area contributed by atoms with E-state index in [2.05, 4.69) is 14.8 Å². The van der Waals surface area contributed by atoms with Crippen molar-refractivity contribution in [3.63, 3.8) is 0 Å². The molecule has 2 aromatic rings. The average molecular weight is 352 g/mol. The summed E-state index contributed by atoms with van der Waals surface area (Å²) in [5.41, 5.74) is 0.582. The van der Waals surface area contributed by atoms with Gasteiger partial charge in [0.1, 0.15) is 11.6 Å². The van der Waals surface area contributed by atoms with E-state index in [1.807, 2.05) is 0 Å². The van der Waals surface area contributed by atoms with Crippen molar-refractivity contribution in [1.29, 1.82) is 0 Å². The summed E-state index contributed by atoms with van der Waals surface area (Å²) in [6.07, 6.45) is 4.49. The molecule has 1 aliphatic rings. The zero-order valence-electron chi connectivity index (χ0n) is 12.9. The molecule has 0 amide bonds. The van der Waals surface area contributed by atoms with Crippen LogP contribution in [-0.4, -0.2) is 33.4 Å². The van der Waals surface area contributed by atoms with E-state index in [-0.39, 0.29) is 5.78 Å². The summed E-state index contributed by atoms with van der Waals surface area (Å²) in [5.74, 6) is 1.94. The lowest BCUT2D eigenvalue weighted by Crippen LogP contribution is -2.06. The van der Waals surface area contributed by atoms with Crippen LogP contribution >= 0.6 is 23.4 Å². The molecular weight excluding hydrogens is 334 g/mol. The molecule has 0 N–H and O–H groups in total. The SMILES string of the molecule is COc1ccc(C(=O)CSc2nnc3n2CCCCC3)cc1Cl. The standard InChI is InChI=1S/C16H18ClN3O2S/c1-22-14-7-6-11(9-12(14)17)13(21)10-23-16-19-18-15-5-3-2-4-8-20(15)16/h6-7,9H,2-5,8,10H2,1H3. The second kappa shape index (κ2) is 7.36. The Labute approximate surface area is 144 Å². The summed E-state index contributed by atoms with van der Waals surface area (Å²) < 4.78 is 7.25. The van der Waals surface area contributed by atoms with Crippen molar-refractivity contribution in [3.05, 3.63) is 34.6 Å². The van der Waals surface area contributed by atoms with Crippen molar-refractivity contribution in [2.75, 3.05) is 12.9 Å². The summed E-state index contributed by atoms with van der Waals surface area (Å²) in [7, 11) is 1.55. The van der Waals surface area contributed by atoms with Crippen LogP contribution in [0.1, 0.15) is 35.4 Å². The molecule has 0 radical (unpaired) electrons. The molecule has 1 aromatic carbocycles. The number of halogens is 1. The van der Waals surface area contributed by atoms with E-state index in [4.69, 9.17) is 16.3 Å². The van der Waals surface area contributed by atoms with Crippen LogP contribution in [0.2, 0.25) is 5.02 Å². The van der Waals surface area contributed by atoms with Crippen LogP contribution in [0.15, 0.2) is 23.4 Å². The van der Waals surface area contributed by atoms with Crippen molar-refractivity contribution in [1.82, 2.24) is 14.8 Å². The van der Waals surface area contributed by atoms with Gasteiger partial charge in [-0.05, 0) is 31.0 Å². The topological polar surface area (TPSA) is 57.0 Å². The first-order chi connectivity index (χ1) is 11.2. The normalized spacial score (nSPS) is 14.2. The predicted octanol–water partition coefficient (Wildman–Crippen LogP) is 3.64. The molecule has 7 heteroatoms. The Hall–Kier alpha value is -1.53. The van der Waals surface area contributed by atoms with Crippen molar-refractivity contribution >= 4 is 29.1 Å². The minimum Gasteiger partial charge on any atom is -0.495 e. The summed E-state index contributed by atoms with van der Waals surface area (Å²) in [6.45, 7) is 0.938. The second-order valence-corrected chi connectivity index (χ2v) is 6.77. The molecule has 23 heavy (non-hydrogen) atoms. The van der Waals surface area contributed by atoms with E-state index in [0.717, 1.165) is 36.8 Å². The van der Waals surface area contributed by atoms with Gasteiger partial charge in [-0.2, -0.15) is 0 Å². The fraction of sp³-hybridized carbons (Fsp3) is 0.438. The number of methoxy groups -OCH3 is 1. The highest BCUT2D eigenvalue weighted by Gasteiger charge is 2.17. The first kappa shape index (κ1) is 16.3. The van der Waals surface area contributed by atoms with Gasteiger partial charge in [0, 0.05) is 18.5 Å². The van der Waals surface area contributed by atoms with E-state index < -0.39 is 0 Å². The van der Waals surface area contributed by atoms with Crippen LogP contribution in [0.25, 0.3) is 0 Å². The number of benzene rings is 1. The molecule has 0 bridgehead atoms. The molecule has 0 aliphatic carbocycles. The monoisotopic (exact) mass is 351 g/mol. The molecule has 0 atom stereocenters. The van der Waals surface area contributed by atoms with Crippen molar-refractivity contribution in [3.8, 4) is 5.75 Å². The molecule has 5 nitrogen and oxygen atoms in total. The predicted molar refractivity (Wildman–Crippen MR) is 90.6 cm³/mol. The first-order valence-electron chi connectivity index (χ1n) is 7.60. The number of fused-ring (bicyclic) bond motifs is 1. The van der Waals surface area contributed by atoms with Gasteiger partial charge in [0.2, 0.25) is 0 Å². The smallest absolute Gasteiger partial charge is 0.191 e. The number of aryl methyl sites for hydroxylation is 1. The van der Waals surface area contributed by atoms with Crippen LogP contribution in [0.4, 0.5) is 0 Å². The van der Waals surface area contributed by atoms with Crippen molar-refractivity contribution < 1.29 is 9.53 Å². The van der Waals surface area contributed by atoms with Gasteiger partial charge in [-0.1, -0.05) is 29.8 Å². The fourth-order valence-electron chi connectivity index (χ4n) is 2.62. The average Bonchev–Trinajstić information content (AvgIpc) is 2.79. The Bertz CT molecular complexity index is 717. The Morgan fingerprint density at radius 2 is 2.22 bits per heavy atom. The number of rotatable bonds is 5. The highest BCUT2D eigenvalue weighted by Crippen LogP contribution is 2.27. The molecule has 1 aliphatic heterocycles. The van der Waals surface area contributed by atoms with E-state index in [1.54, 1.807) is 25.3 Å². The van der Waals surface area contributed by atoms with Gasteiger partial charge in [0.05, 0.1) is 17.9 Å². The summed E-state index contributed by atoms with van der Waals surface area (Å²) >= 11 is 7.51. The zero-order chi connectivity index (χ0) is 16.2. The summed E-state index contributed by atoms with van der Waals surface area (Å²) in [4.78, 5) is 12.3. The minimum absolute atomic E-state index is 0.0190. The van der Waals surface area contributed by atoms with Gasteiger partial charge in [0.15, 0.2) is 10.9 Å². The van der Waals surface area contributed by atoms with Crippen LogP contribution in [0.5, 0.6) is 5.75 Å². The lowest BCUT2D eigenvalue weighted by atomic mass is 10.1. The number of hydrogen-bond donors (Lipinski definition) is 0. The number of hydrogen-bond acceptors (Lipinski definition) is 5. The quantitative estimate of drug-likeness (QED) is 0.608. The van der Waals surface area contributed by atoms with Crippen LogP contribution in [0, 0.1) is 0 Å². The largest absolute Gasteiger partial charge is 0.495 e. The van der Waals surface area contributed by atoms with Gasteiger partial charge in [-0.3, -0.25) is 4.79 Å². The number of aromatic nitrogens is 3. The van der Waals surface area contributed by atoms with Crippen LogP contribution < -0.4 is 4.74 Å². The summed E-state index contributed by atoms with van der Waals surface area (Å²) in [6, 6.07) is 5.09. The van der Waals surface area contributed by atoms with E-state index in [0.29, 0.717) is 22.1 Å². The number of carbonyl (C=O) groups is 1. The molecule has 2 heterocycles. The maximum Gasteiger partial charge on any atom is 0.191 e. The minimum atomic E-state index is 0.0190. The second-order valence-electron chi connectivity index (χ2n) is 5.42. The Balaban J connectivity index is 1.67. The number of ketones is 1. The molecule has 0 saturated carbocycles.